The van der Waals surface area contributed by atoms with E-state index in [1.54, 1.807) is 0 Å². The molecule has 0 spiro atoms. The third-order valence-corrected chi connectivity index (χ3v) is 11.8. The molecule has 2 saturated carbocycles. The van der Waals surface area contributed by atoms with Crippen LogP contribution < -0.4 is 0 Å². The van der Waals surface area contributed by atoms with Gasteiger partial charge in [-0.3, -0.25) is 14.2 Å². The fraction of sp³-hybridized carbons (Fsp3) is 0.458. The van der Waals surface area contributed by atoms with Crippen LogP contribution in [-0.2, 0) is 13.1 Å². The number of rotatable bonds is 7. The topological polar surface area (TPSA) is 98.7 Å². The molecule has 0 aliphatic heterocycles. The average molecular weight is 940 g/mol. The Bertz CT molecular complexity index is 1410. The number of thiazole rings is 2. The lowest BCUT2D eigenvalue weighted by Gasteiger charge is -2.06. The number of carbonyl (C=O) groups excluding carboxylic acids is 1. The van der Waals surface area contributed by atoms with E-state index in [4.69, 9.17) is 0 Å². The van der Waals surface area contributed by atoms with Gasteiger partial charge in [-0.25, -0.2) is 9.97 Å². The van der Waals surface area contributed by atoms with Crippen LogP contribution in [0.1, 0.15) is 63.3 Å². The van der Waals surface area contributed by atoms with Crippen LogP contribution in [0.4, 0.5) is 0 Å². The first-order valence-corrected chi connectivity index (χ1v) is 17.9. The summed E-state index contributed by atoms with van der Waals surface area (Å²) in [6.07, 6.45) is 9.57. The molecule has 0 saturated heterocycles. The molecule has 0 radical (unpaired) electrons. The second kappa shape index (κ2) is 14.4. The average Bonchev–Trinajstić information content (AvgIpc) is 3.74. The van der Waals surface area contributed by atoms with Crippen molar-refractivity contribution < 1.29 is 9.90 Å². The summed E-state index contributed by atoms with van der Waals surface area (Å²) in [5.41, 5.74) is 2.90. The SMILES string of the molecule is Cc1nn(CC2CC2)cc1C(O)c1sc(Br)nc1Br.Cc1nn(CC2CC2)cc1I.O=Cc1sc(Br)nc1Br. The molecular formula is C24H25Br4IN6O2S2. The number of hydrogen-bond donors (Lipinski definition) is 1. The lowest BCUT2D eigenvalue weighted by molar-refractivity contribution is 0.112. The Balaban J connectivity index is 0.000000149. The fourth-order valence-corrected chi connectivity index (χ4v) is 8.45. The summed E-state index contributed by atoms with van der Waals surface area (Å²) in [7, 11) is 0. The molecule has 2 aliphatic rings. The van der Waals surface area contributed by atoms with Crippen LogP contribution in [-0.4, -0.2) is 40.9 Å². The molecule has 0 bridgehead atoms. The van der Waals surface area contributed by atoms with Gasteiger partial charge in [0.05, 0.1) is 19.8 Å². The minimum atomic E-state index is -0.675. The highest BCUT2D eigenvalue weighted by molar-refractivity contribution is 14.1. The first kappa shape index (κ1) is 31.9. The number of aliphatic hydroxyl groups is 1. The molecule has 0 aromatic carbocycles. The monoisotopic (exact) mass is 936 g/mol. The van der Waals surface area contributed by atoms with E-state index in [0.29, 0.717) is 14.1 Å². The van der Waals surface area contributed by atoms with Gasteiger partial charge in [-0.15, -0.1) is 22.7 Å². The molecule has 15 heteroatoms. The molecule has 0 amide bonds. The van der Waals surface area contributed by atoms with Gasteiger partial charge in [-0.2, -0.15) is 10.2 Å². The van der Waals surface area contributed by atoms with Gasteiger partial charge in [0.1, 0.15) is 20.2 Å². The number of carbonyl (C=O) groups is 1. The Morgan fingerprint density at radius 2 is 1.49 bits per heavy atom. The van der Waals surface area contributed by atoms with Crippen molar-refractivity contribution >= 4 is 115 Å². The van der Waals surface area contributed by atoms with Crippen LogP contribution >= 0.6 is 109 Å². The fourth-order valence-electron chi connectivity index (χ4n) is 3.57. The number of aliphatic hydroxyl groups excluding tert-OH is 1. The van der Waals surface area contributed by atoms with Gasteiger partial charge >= 0.3 is 0 Å². The summed E-state index contributed by atoms with van der Waals surface area (Å²) in [6, 6.07) is 0. The number of aryl methyl sites for hydroxylation is 2. The molecule has 1 atom stereocenters. The van der Waals surface area contributed by atoms with Gasteiger partial charge < -0.3 is 5.11 Å². The predicted octanol–water partition coefficient (Wildman–Crippen LogP) is 8.35. The zero-order valence-corrected chi connectivity index (χ0v) is 31.1. The zero-order valence-electron chi connectivity index (χ0n) is 21.0. The summed E-state index contributed by atoms with van der Waals surface area (Å²) in [4.78, 5) is 19.7. The lowest BCUT2D eigenvalue weighted by atomic mass is 10.1. The second-order valence-corrected chi connectivity index (χ2v) is 16.6. The van der Waals surface area contributed by atoms with Crippen LogP contribution in [0.5, 0.6) is 0 Å². The Morgan fingerprint density at radius 3 is 1.90 bits per heavy atom. The number of aldehydes is 1. The van der Waals surface area contributed by atoms with Gasteiger partial charge in [-0.1, -0.05) is 0 Å². The van der Waals surface area contributed by atoms with Crippen molar-refractivity contribution in [1.29, 1.82) is 0 Å². The quantitative estimate of drug-likeness (QED) is 0.148. The number of aromatic nitrogens is 6. The molecule has 6 rings (SSSR count). The van der Waals surface area contributed by atoms with Gasteiger partial charge in [0.25, 0.3) is 0 Å². The van der Waals surface area contributed by atoms with E-state index < -0.39 is 6.10 Å². The van der Waals surface area contributed by atoms with Crippen molar-refractivity contribution in [3.8, 4) is 0 Å². The first-order chi connectivity index (χ1) is 18.5. The highest BCUT2D eigenvalue weighted by Gasteiger charge is 2.25. The van der Waals surface area contributed by atoms with Crippen LogP contribution in [0.25, 0.3) is 0 Å². The normalized spacial score (nSPS) is 15.3. The smallest absolute Gasteiger partial charge is 0.162 e. The summed E-state index contributed by atoms with van der Waals surface area (Å²) in [6.45, 7) is 6.09. The van der Waals surface area contributed by atoms with Crippen molar-refractivity contribution in [2.24, 2.45) is 11.8 Å². The third-order valence-electron chi connectivity index (χ3n) is 5.97. The highest BCUT2D eigenvalue weighted by atomic mass is 127. The molecule has 2 fully saturated rings. The van der Waals surface area contributed by atoms with Crippen LogP contribution in [0, 0.1) is 29.3 Å². The Morgan fingerprint density at radius 1 is 0.949 bits per heavy atom. The zero-order chi connectivity index (χ0) is 28.3. The largest absolute Gasteiger partial charge is 0.383 e. The summed E-state index contributed by atoms with van der Waals surface area (Å²) in [5, 5.41) is 19.4. The maximum Gasteiger partial charge on any atom is 0.162 e. The summed E-state index contributed by atoms with van der Waals surface area (Å²) >= 11 is 18.0. The number of nitrogens with zero attached hydrogens (tertiary/aromatic N) is 6. The second-order valence-electron chi connectivity index (χ2n) is 9.33. The van der Waals surface area contributed by atoms with Crippen molar-refractivity contribution in [3.63, 3.8) is 0 Å². The van der Waals surface area contributed by atoms with Crippen LogP contribution in [0.15, 0.2) is 29.4 Å². The van der Waals surface area contributed by atoms with E-state index >= 15 is 0 Å². The van der Waals surface area contributed by atoms with Gasteiger partial charge in [0.2, 0.25) is 0 Å². The van der Waals surface area contributed by atoms with Crippen LogP contribution in [0.3, 0.4) is 0 Å². The predicted molar refractivity (Wildman–Crippen MR) is 177 cm³/mol. The lowest BCUT2D eigenvalue weighted by Crippen LogP contribution is -2.00. The minimum Gasteiger partial charge on any atom is -0.383 e. The Hall–Kier alpha value is -0.0400. The summed E-state index contributed by atoms with van der Waals surface area (Å²) < 4.78 is 8.08. The first-order valence-electron chi connectivity index (χ1n) is 12.0. The van der Waals surface area contributed by atoms with Crippen molar-refractivity contribution in [2.75, 3.05) is 0 Å². The molecule has 4 aromatic rings. The van der Waals surface area contributed by atoms with E-state index in [9.17, 15) is 9.90 Å². The number of halogens is 5. The van der Waals surface area contributed by atoms with Gasteiger partial charge in [0, 0.05) is 31.0 Å². The van der Waals surface area contributed by atoms with E-state index in [1.807, 2.05) is 17.8 Å². The van der Waals surface area contributed by atoms with Crippen molar-refractivity contribution in [1.82, 2.24) is 29.5 Å². The van der Waals surface area contributed by atoms with Crippen molar-refractivity contribution in [2.45, 2.75) is 58.7 Å². The van der Waals surface area contributed by atoms with E-state index in [2.05, 4.69) is 124 Å². The van der Waals surface area contributed by atoms with Gasteiger partial charge in [-0.05, 0) is 138 Å². The molecule has 4 aromatic heterocycles. The van der Waals surface area contributed by atoms with Gasteiger partial charge in [0.15, 0.2) is 14.1 Å². The molecule has 1 unspecified atom stereocenters. The summed E-state index contributed by atoms with van der Waals surface area (Å²) in [5.74, 6) is 1.69. The molecule has 2 aliphatic carbocycles. The Labute approximate surface area is 282 Å². The minimum absolute atomic E-state index is 0.606. The Kier molecular flexibility index (Phi) is 11.8. The molecule has 1 N–H and O–H groups in total. The molecule has 39 heavy (non-hydrogen) atoms. The molecule has 8 nitrogen and oxygen atoms in total. The molecule has 210 valence electrons. The molecule has 4 heterocycles. The standard InChI is InChI=1S/C12H13Br2N3OS.C8H11IN2.C4HBr2NOS/c1-6-8(5-17(16-6)4-7-2-3-7)9(18)10-11(13)15-12(14)19-10;1-6-8(9)5-11(10-6)4-7-2-3-7;5-3-2(1-8)9-4(6)7-3/h5,7,9,18H,2-4H2,1H3;5,7H,2-4H2,1H3;1H. The third kappa shape index (κ3) is 9.48. The highest BCUT2D eigenvalue weighted by Crippen LogP contribution is 2.37. The maximum absolute atomic E-state index is 10.5. The van der Waals surface area contributed by atoms with Crippen molar-refractivity contribution in [3.05, 3.63) is 59.7 Å². The van der Waals surface area contributed by atoms with Crippen LogP contribution in [0.2, 0.25) is 0 Å². The van der Waals surface area contributed by atoms with E-state index in [1.165, 1.54) is 51.9 Å². The number of hydrogen-bond acceptors (Lipinski definition) is 8. The van der Waals surface area contributed by atoms with E-state index in [0.717, 1.165) is 60.9 Å². The molecular weight excluding hydrogens is 915 g/mol. The maximum atomic E-state index is 10.5. The van der Waals surface area contributed by atoms with E-state index in [-0.39, 0.29) is 0 Å².